The molecule has 0 radical (unpaired) electrons. The van der Waals surface area contributed by atoms with E-state index >= 15 is 0 Å². The summed E-state index contributed by atoms with van der Waals surface area (Å²) in [5.41, 5.74) is 1.57. The van der Waals surface area contributed by atoms with E-state index in [0.29, 0.717) is 18.1 Å². The Balaban J connectivity index is 2.05. The molecule has 0 aliphatic rings. The maximum Gasteiger partial charge on any atom is 0.223 e. The van der Waals surface area contributed by atoms with Gasteiger partial charge >= 0.3 is 0 Å². The SMILES string of the molecule is Cc1ccnc(NCc2ccc(O)c(F)c2)n1. The summed E-state index contributed by atoms with van der Waals surface area (Å²) in [6, 6.07) is 6.04. The highest BCUT2D eigenvalue weighted by Gasteiger charge is 2.02. The van der Waals surface area contributed by atoms with Crippen molar-refractivity contribution in [3.8, 4) is 5.75 Å². The van der Waals surface area contributed by atoms with E-state index in [9.17, 15) is 4.39 Å². The lowest BCUT2D eigenvalue weighted by atomic mass is 10.2. The normalized spacial score (nSPS) is 10.2. The maximum absolute atomic E-state index is 13.1. The minimum Gasteiger partial charge on any atom is -0.505 e. The highest BCUT2D eigenvalue weighted by atomic mass is 19.1. The molecular formula is C12H12FN3O. The third-order valence-corrected chi connectivity index (χ3v) is 2.26. The van der Waals surface area contributed by atoms with Gasteiger partial charge in [0.25, 0.3) is 0 Å². The first-order valence-corrected chi connectivity index (χ1v) is 5.16. The second-order valence-electron chi connectivity index (χ2n) is 3.66. The second kappa shape index (κ2) is 4.78. The molecule has 1 aromatic heterocycles. The van der Waals surface area contributed by atoms with Crippen molar-refractivity contribution in [1.29, 1.82) is 0 Å². The summed E-state index contributed by atoms with van der Waals surface area (Å²) < 4.78 is 13.1. The Hall–Kier alpha value is -2.17. The zero-order valence-corrected chi connectivity index (χ0v) is 9.31. The molecule has 4 nitrogen and oxygen atoms in total. The third kappa shape index (κ3) is 2.90. The molecule has 0 aliphatic carbocycles. The average molecular weight is 233 g/mol. The van der Waals surface area contributed by atoms with Crippen molar-refractivity contribution >= 4 is 5.95 Å². The van der Waals surface area contributed by atoms with Crippen LogP contribution in [0.4, 0.5) is 10.3 Å². The zero-order chi connectivity index (χ0) is 12.3. The van der Waals surface area contributed by atoms with Crippen LogP contribution in [0.15, 0.2) is 30.5 Å². The van der Waals surface area contributed by atoms with Gasteiger partial charge in [0.15, 0.2) is 11.6 Å². The monoisotopic (exact) mass is 233 g/mol. The van der Waals surface area contributed by atoms with Crippen molar-refractivity contribution < 1.29 is 9.50 Å². The minimum atomic E-state index is -0.630. The molecule has 17 heavy (non-hydrogen) atoms. The van der Waals surface area contributed by atoms with E-state index in [1.165, 1.54) is 12.1 Å². The highest BCUT2D eigenvalue weighted by Crippen LogP contribution is 2.16. The molecule has 2 N–H and O–H groups in total. The predicted molar refractivity (Wildman–Crippen MR) is 62.2 cm³/mol. The van der Waals surface area contributed by atoms with E-state index in [1.807, 2.05) is 6.92 Å². The van der Waals surface area contributed by atoms with Crippen LogP contribution in [-0.4, -0.2) is 15.1 Å². The van der Waals surface area contributed by atoms with Crippen LogP contribution in [0.5, 0.6) is 5.75 Å². The molecule has 0 fully saturated rings. The fourth-order valence-corrected chi connectivity index (χ4v) is 1.38. The van der Waals surface area contributed by atoms with Crippen LogP contribution in [-0.2, 0) is 6.54 Å². The van der Waals surface area contributed by atoms with E-state index in [0.717, 1.165) is 5.69 Å². The third-order valence-electron chi connectivity index (χ3n) is 2.26. The van der Waals surface area contributed by atoms with E-state index in [1.54, 1.807) is 18.3 Å². The highest BCUT2D eigenvalue weighted by molar-refractivity contribution is 5.32. The van der Waals surface area contributed by atoms with Gasteiger partial charge in [0.2, 0.25) is 5.95 Å². The lowest BCUT2D eigenvalue weighted by molar-refractivity contribution is 0.432. The Bertz CT molecular complexity index is 531. The van der Waals surface area contributed by atoms with Gasteiger partial charge in [-0.2, -0.15) is 0 Å². The number of benzene rings is 1. The predicted octanol–water partition coefficient (Wildman–Crippen LogP) is 2.24. The zero-order valence-electron chi connectivity index (χ0n) is 9.31. The molecule has 0 amide bonds. The summed E-state index contributed by atoms with van der Waals surface area (Å²) in [4.78, 5) is 8.19. The number of phenolic OH excluding ortho intramolecular Hbond substituents is 1. The van der Waals surface area contributed by atoms with E-state index < -0.39 is 5.82 Å². The van der Waals surface area contributed by atoms with Gasteiger partial charge < -0.3 is 10.4 Å². The summed E-state index contributed by atoms with van der Waals surface area (Å²) in [5, 5.41) is 12.0. The summed E-state index contributed by atoms with van der Waals surface area (Å²) in [7, 11) is 0. The lowest BCUT2D eigenvalue weighted by Crippen LogP contribution is -2.04. The quantitative estimate of drug-likeness (QED) is 0.853. The minimum absolute atomic E-state index is 0.347. The number of aryl methyl sites for hydroxylation is 1. The molecule has 0 unspecified atom stereocenters. The number of aromatic hydroxyl groups is 1. The second-order valence-corrected chi connectivity index (χ2v) is 3.66. The van der Waals surface area contributed by atoms with Crippen molar-refractivity contribution in [1.82, 2.24) is 9.97 Å². The molecule has 5 heteroatoms. The summed E-state index contributed by atoms with van der Waals surface area (Å²) in [6.07, 6.45) is 1.65. The van der Waals surface area contributed by atoms with Crippen LogP contribution in [0.2, 0.25) is 0 Å². The molecule has 0 saturated carbocycles. The van der Waals surface area contributed by atoms with Crippen molar-refractivity contribution in [2.24, 2.45) is 0 Å². The van der Waals surface area contributed by atoms with Gasteiger partial charge in [-0.15, -0.1) is 0 Å². The van der Waals surface area contributed by atoms with Gasteiger partial charge in [0.05, 0.1) is 0 Å². The van der Waals surface area contributed by atoms with Crippen LogP contribution in [0.1, 0.15) is 11.3 Å². The smallest absolute Gasteiger partial charge is 0.223 e. The van der Waals surface area contributed by atoms with Crippen LogP contribution in [0, 0.1) is 12.7 Å². The van der Waals surface area contributed by atoms with Crippen LogP contribution in [0.3, 0.4) is 0 Å². The fourth-order valence-electron chi connectivity index (χ4n) is 1.38. The molecule has 88 valence electrons. The van der Waals surface area contributed by atoms with Gasteiger partial charge in [-0.3, -0.25) is 0 Å². The van der Waals surface area contributed by atoms with Gasteiger partial charge in [-0.1, -0.05) is 6.07 Å². The molecule has 0 saturated heterocycles. The van der Waals surface area contributed by atoms with Gasteiger partial charge in [-0.05, 0) is 30.7 Å². The molecule has 1 aromatic carbocycles. The summed E-state index contributed by atoms with van der Waals surface area (Å²) >= 11 is 0. The van der Waals surface area contributed by atoms with Gasteiger partial charge in [0, 0.05) is 18.4 Å². The Morgan fingerprint density at radius 3 is 2.88 bits per heavy atom. The largest absolute Gasteiger partial charge is 0.505 e. The molecular weight excluding hydrogens is 221 g/mol. The number of halogens is 1. The summed E-state index contributed by atoms with van der Waals surface area (Å²) in [6.45, 7) is 2.27. The average Bonchev–Trinajstić information content (AvgIpc) is 2.31. The number of phenols is 1. The number of nitrogens with one attached hydrogen (secondary N) is 1. The number of anilines is 1. The molecule has 0 atom stereocenters. The first-order valence-electron chi connectivity index (χ1n) is 5.16. The molecule has 0 bridgehead atoms. The standard InChI is InChI=1S/C12H12FN3O/c1-8-4-5-14-12(16-8)15-7-9-2-3-11(17)10(13)6-9/h2-6,17H,7H2,1H3,(H,14,15,16). The molecule has 0 aliphatic heterocycles. The molecule has 2 rings (SSSR count). The van der Waals surface area contributed by atoms with Crippen molar-refractivity contribution in [3.05, 3.63) is 47.5 Å². The van der Waals surface area contributed by atoms with Crippen LogP contribution >= 0.6 is 0 Å². The summed E-state index contributed by atoms with van der Waals surface area (Å²) in [5.74, 6) is -0.478. The van der Waals surface area contributed by atoms with Gasteiger partial charge in [-0.25, -0.2) is 14.4 Å². The van der Waals surface area contributed by atoms with Crippen molar-refractivity contribution in [2.45, 2.75) is 13.5 Å². The fraction of sp³-hybridized carbons (Fsp3) is 0.167. The Kier molecular flexibility index (Phi) is 3.18. The maximum atomic E-state index is 13.1. The molecule has 0 spiro atoms. The number of rotatable bonds is 3. The van der Waals surface area contributed by atoms with E-state index in [4.69, 9.17) is 5.11 Å². The Morgan fingerprint density at radius 2 is 2.18 bits per heavy atom. The number of nitrogens with zero attached hydrogens (tertiary/aromatic N) is 2. The van der Waals surface area contributed by atoms with E-state index in [2.05, 4.69) is 15.3 Å². The first kappa shape index (κ1) is 11.3. The number of hydrogen-bond acceptors (Lipinski definition) is 4. The molecule has 2 aromatic rings. The van der Waals surface area contributed by atoms with Gasteiger partial charge in [0.1, 0.15) is 0 Å². The van der Waals surface area contributed by atoms with Crippen LogP contribution in [0.25, 0.3) is 0 Å². The number of hydrogen-bond donors (Lipinski definition) is 2. The number of aromatic nitrogens is 2. The lowest BCUT2D eigenvalue weighted by Gasteiger charge is -2.05. The Labute approximate surface area is 98.2 Å². The molecule has 1 heterocycles. The first-order chi connectivity index (χ1) is 8.15. The van der Waals surface area contributed by atoms with Crippen molar-refractivity contribution in [3.63, 3.8) is 0 Å². The van der Waals surface area contributed by atoms with Crippen molar-refractivity contribution in [2.75, 3.05) is 5.32 Å². The Morgan fingerprint density at radius 1 is 1.35 bits per heavy atom. The van der Waals surface area contributed by atoms with E-state index in [-0.39, 0.29) is 5.75 Å². The van der Waals surface area contributed by atoms with Crippen LogP contribution < -0.4 is 5.32 Å². The topological polar surface area (TPSA) is 58.0 Å².